The molecule has 0 heterocycles. The minimum Gasteiger partial charge on any atom is -0.457 e. The van der Waals surface area contributed by atoms with Crippen molar-refractivity contribution >= 4 is 17.8 Å². The van der Waals surface area contributed by atoms with Crippen LogP contribution in [-0.2, 0) is 0 Å². The molecule has 33 heavy (non-hydrogen) atoms. The highest BCUT2D eigenvalue weighted by atomic mass is 16.5. The summed E-state index contributed by atoms with van der Waals surface area (Å²) in [6.07, 6.45) is 1.16. The van der Waals surface area contributed by atoms with Crippen LogP contribution in [0.3, 0.4) is 0 Å². The Hall–Kier alpha value is -4.71. The average Bonchev–Trinajstić information content (AvgIpc) is 2.88. The zero-order chi connectivity index (χ0) is 22.9. The molecule has 0 saturated heterocycles. The Morgan fingerprint density at radius 3 is 1.88 bits per heavy atom. The van der Waals surface area contributed by atoms with E-state index >= 15 is 0 Å². The highest BCUT2D eigenvalue weighted by Gasteiger charge is 2.08. The van der Waals surface area contributed by atoms with E-state index in [2.05, 4.69) is 15.7 Å². The second-order valence-electron chi connectivity index (χ2n) is 7.07. The molecule has 0 spiro atoms. The summed E-state index contributed by atoms with van der Waals surface area (Å²) in [5, 5.41) is 16.2. The lowest BCUT2D eigenvalue weighted by atomic mass is 10.0. The van der Waals surface area contributed by atoms with Crippen LogP contribution in [0, 0.1) is 0 Å². The van der Waals surface area contributed by atoms with E-state index in [9.17, 15) is 4.79 Å². The molecule has 4 aromatic carbocycles. The number of hydrogen-bond acceptors (Lipinski definition) is 5. The van der Waals surface area contributed by atoms with E-state index in [1.807, 2.05) is 72.8 Å². The standard InChI is InChI=1S/C27H21N3O3/c31-27(23-13-11-21(12-14-23)20-7-3-1-4-8-20)30-29-26(19-28-32)22-15-17-25(18-16-22)33-24-9-5-2-6-10-24/h1-19,32H,(H,30,31). The number of amides is 1. The SMILES string of the molecule is O=C(NN=C(C=NO)c1ccc(Oc2ccccc2)cc1)c1ccc(-c2ccccc2)cc1. The molecule has 0 unspecified atom stereocenters. The van der Waals surface area contributed by atoms with E-state index in [1.165, 1.54) is 0 Å². The van der Waals surface area contributed by atoms with Gasteiger partial charge in [0.2, 0.25) is 0 Å². The minimum absolute atomic E-state index is 0.290. The van der Waals surface area contributed by atoms with Crippen LogP contribution in [-0.4, -0.2) is 23.0 Å². The van der Waals surface area contributed by atoms with Crippen LogP contribution in [0.4, 0.5) is 0 Å². The van der Waals surface area contributed by atoms with Crippen molar-refractivity contribution in [3.05, 3.63) is 120 Å². The Labute approximate surface area is 191 Å². The molecule has 1 amide bonds. The van der Waals surface area contributed by atoms with Gasteiger partial charge in [0.05, 0.1) is 6.21 Å². The molecule has 0 aromatic heterocycles. The first-order valence-corrected chi connectivity index (χ1v) is 10.3. The van der Waals surface area contributed by atoms with Crippen molar-refractivity contribution in [1.82, 2.24) is 5.43 Å². The van der Waals surface area contributed by atoms with Crippen molar-refractivity contribution in [1.29, 1.82) is 0 Å². The monoisotopic (exact) mass is 435 g/mol. The van der Waals surface area contributed by atoms with Gasteiger partial charge in [-0.1, -0.05) is 65.8 Å². The third-order valence-electron chi connectivity index (χ3n) is 4.84. The maximum atomic E-state index is 12.5. The molecule has 0 fully saturated rings. The zero-order valence-electron chi connectivity index (χ0n) is 17.6. The minimum atomic E-state index is -0.373. The van der Waals surface area contributed by atoms with E-state index in [1.54, 1.807) is 36.4 Å². The summed E-state index contributed by atoms with van der Waals surface area (Å²) < 4.78 is 5.78. The molecule has 0 radical (unpaired) electrons. The Morgan fingerprint density at radius 2 is 1.24 bits per heavy atom. The van der Waals surface area contributed by atoms with E-state index in [0.29, 0.717) is 16.9 Å². The van der Waals surface area contributed by atoms with Gasteiger partial charge in [-0.3, -0.25) is 4.79 Å². The maximum Gasteiger partial charge on any atom is 0.271 e. The van der Waals surface area contributed by atoms with Crippen LogP contribution in [0.5, 0.6) is 11.5 Å². The van der Waals surface area contributed by atoms with Crippen molar-refractivity contribution in [3.63, 3.8) is 0 Å². The van der Waals surface area contributed by atoms with Crippen molar-refractivity contribution in [3.8, 4) is 22.6 Å². The summed E-state index contributed by atoms with van der Waals surface area (Å²) >= 11 is 0. The Morgan fingerprint density at radius 1 is 0.697 bits per heavy atom. The molecular weight excluding hydrogens is 414 g/mol. The van der Waals surface area contributed by atoms with E-state index in [-0.39, 0.29) is 11.6 Å². The number of para-hydroxylation sites is 1. The van der Waals surface area contributed by atoms with Gasteiger partial charge in [0, 0.05) is 11.1 Å². The van der Waals surface area contributed by atoms with Gasteiger partial charge in [0.25, 0.3) is 5.91 Å². The second-order valence-corrected chi connectivity index (χ2v) is 7.07. The number of carbonyl (C=O) groups excluding carboxylic acids is 1. The Kier molecular flexibility index (Phi) is 6.88. The number of benzene rings is 4. The van der Waals surface area contributed by atoms with Gasteiger partial charge >= 0.3 is 0 Å². The molecule has 162 valence electrons. The largest absolute Gasteiger partial charge is 0.457 e. The number of rotatable bonds is 7. The molecular formula is C27H21N3O3. The normalized spacial score (nSPS) is 11.3. The summed E-state index contributed by atoms with van der Waals surface area (Å²) in [5.41, 5.74) is 6.00. The third kappa shape index (κ3) is 5.71. The number of oxime groups is 1. The summed E-state index contributed by atoms with van der Waals surface area (Å²) in [6.45, 7) is 0. The third-order valence-corrected chi connectivity index (χ3v) is 4.84. The smallest absolute Gasteiger partial charge is 0.271 e. The zero-order valence-corrected chi connectivity index (χ0v) is 17.6. The van der Waals surface area contributed by atoms with Crippen LogP contribution in [0.25, 0.3) is 11.1 Å². The molecule has 6 heteroatoms. The van der Waals surface area contributed by atoms with Gasteiger partial charge in [-0.25, -0.2) is 5.43 Å². The van der Waals surface area contributed by atoms with Crippen molar-refractivity contribution in [2.45, 2.75) is 0 Å². The molecule has 2 N–H and O–H groups in total. The Balaban J connectivity index is 1.45. The lowest BCUT2D eigenvalue weighted by Crippen LogP contribution is -2.20. The predicted molar refractivity (Wildman–Crippen MR) is 129 cm³/mol. The number of hydrogen-bond donors (Lipinski definition) is 2. The van der Waals surface area contributed by atoms with Crippen LogP contribution in [0.15, 0.2) is 119 Å². The number of hydrazone groups is 1. The van der Waals surface area contributed by atoms with Crippen LogP contribution < -0.4 is 10.2 Å². The molecule has 0 bridgehead atoms. The van der Waals surface area contributed by atoms with Gasteiger partial charge in [0.1, 0.15) is 17.2 Å². The number of nitrogens with zero attached hydrogens (tertiary/aromatic N) is 2. The van der Waals surface area contributed by atoms with Gasteiger partial charge < -0.3 is 9.94 Å². The second kappa shape index (κ2) is 10.5. The fraction of sp³-hybridized carbons (Fsp3) is 0. The van der Waals surface area contributed by atoms with Crippen LogP contribution in [0.1, 0.15) is 15.9 Å². The predicted octanol–water partition coefficient (Wildman–Crippen LogP) is 5.74. The van der Waals surface area contributed by atoms with Crippen molar-refractivity contribution < 1.29 is 14.7 Å². The molecule has 6 nitrogen and oxygen atoms in total. The Bertz CT molecular complexity index is 1250. The first kappa shape index (κ1) is 21.5. The molecule has 0 aliphatic rings. The summed E-state index contributed by atoms with van der Waals surface area (Å²) in [7, 11) is 0. The number of carbonyl (C=O) groups is 1. The molecule has 0 saturated carbocycles. The molecule has 4 aromatic rings. The summed E-state index contributed by atoms with van der Waals surface area (Å²) in [6, 6.07) is 33.7. The number of ether oxygens (including phenoxy) is 1. The van der Waals surface area contributed by atoms with Crippen LogP contribution in [0.2, 0.25) is 0 Å². The lowest BCUT2D eigenvalue weighted by Gasteiger charge is -2.07. The fourth-order valence-corrected chi connectivity index (χ4v) is 3.16. The number of nitrogens with one attached hydrogen (secondary N) is 1. The lowest BCUT2D eigenvalue weighted by molar-refractivity contribution is 0.0955. The maximum absolute atomic E-state index is 12.5. The van der Waals surface area contributed by atoms with Gasteiger partial charge in [-0.15, -0.1) is 0 Å². The highest BCUT2D eigenvalue weighted by Crippen LogP contribution is 2.21. The van der Waals surface area contributed by atoms with Gasteiger partial charge in [-0.2, -0.15) is 5.10 Å². The van der Waals surface area contributed by atoms with Gasteiger partial charge in [0.15, 0.2) is 0 Å². The first-order chi connectivity index (χ1) is 16.2. The van der Waals surface area contributed by atoms with Crippen molar-refractivity contribution in [2.24, 2.45) is 10.3 Å². The molecule has 0 aliphatic heterocycles. The van der Waals surface area contributed by atoms with E-state index in [4.69, 9.17) is 9.94 Å². The molecule has 0 aliphatic carbocycles. The summed E-state index contributed by atoms with van der Waals surface area (Å²) in [4.78, 5) is 12.5. The quantitative estimate of drug-likeness (QED) is 0.221. The highest BCUT2D eigenvalue weighted by molar-refractivity contribution is 6.38. The first-order valence-electron chi connectivity index (χ1n) is 10.3. The van der Waals surface area contributed by atoms with Gasteiger partial charge in [-0.05, 0) is 59.7 Å². The molecule has 0 atom stereocenters. The summed E-state index contributed by atoms with van der Waals surface area (Å²) in [5.74, 6) is 0.997. The van der Waals surface area contributed by atoms with Crippen LogP contribution >= 0.6 is 0 Å². The molecule has 4 rings (SSSR count). The van der Waals surface area contributed by atoms with Crippen molar-refractivity contribution in [2.75, 3.05) is 0 Å². The van der Waals surface area contributed by atoms with E-state index in [0.717, 1.165) is 23.1 Å². The average molecular weight is 435 g/mol. The topological polar surface area (TPSA) is 83.3 Å². The fourth-order valence-electron chi connectivity index (χ4n) is 3.16. The van der Waals surface area contributed by atoms with E-state index < -0.39 is 0 Å².